The summed E-state index contributed by atoms with van der Waals surface area (Å²) in [5, 5.41) is 9.12. The van der Waals surface area contributed by atoms with Crippen molar-refractivity contribution in [2.75, 3.05) is 6.61 Å². The molecule has 19 heavy (non-hydrogen) atoms. The normalized spacial score (nSPS) is 10.6. The van der Waals surface area contributed by atoms with Gasteiger partial charge < -0.3 is 14.4 Å². The molecule has 2 heterocycles. The quantitative estimate of drug-likeness (QED) is 0.882. The predicted octanol–water partition coefficient (Wildman–Crippen LogP) is 2.36. The fourth-order valence-corrected chi connectivity index (χ4v) is 2.62. The maximum Gasteiger partial charge on any atom is 0.349 e. The molecule has 0 aliphatic heterocycles. The summed E-state index contributed by atoms with van der Waals surface area (Å²) in [5.74, 6) is 0.447. The molecule has 0 radical (unpaired) electrons. The van der Waals surface area contributed by atoms with Gasteiger partial charge in [-0.3, -0.25) is 0 Å². The molecular formula is C13H16N2O3S. The molecule has 2 rings (SSSR count). The predicted molar refractivity (Wildman–Crippen MR) is 73.1 cm³/mol. The summed E-state index contributed by atoms with van der Waals surface area (Å²) in [6.07, 6.45) is 5.07. The number of rotatable bonds is 6. The van der Waals surface area contributed by atoms with E-state index in [0.29, 0.717) is 18.8 Å². The summed E-state index contributed by atoms with van der Waals surface area (Å²) < 4.78 is 7.51. The van der Waals surface area contributed by atoms with Gasteiger partial charge in [0.2, 0.25) is 0 Å². The number of nitrogens with zero attached hydrogens (tertiary/aromatic N) is 2. The summed E-state index contributed by atoms with van der Waals surface area (Å²) in [6, 6.07) is 1.81. The lowest BCUT2D eigenvalue weighted by Gasteiger charge is -2.05. The zero-order valence-electron chi connectivity index (χ0n) is 10.9. The van der Waals surface area contributed by atoms with Crippen molar-refractivity contribution in [1.82, 2.24) is 9.55 Å². The van der Waals surface area contributed by atoms with Crippen LogP contribution in [0, 0.1) is 0 Å². The van der Waals surface area contributed by atoms with E-state index in [1.807, 2.05) is 30.8 Å². The van der Waals surface area contributed by atoms with Gasteiger partial charge in [0.15, 0.2) is 4.88 Å². The van der Waals surface area contributed by atoms with Gasteiger partial charge in [-0.25, -0.2) is 9.78 Å². The Morgan fingerprint density at radius 3 is 2.95 bits per heavy atom. The van der Waals surface area contributed by atoms with Gasteiger partial charge in [0.05, 0.1) is 6.61 Å². The first-order valence-electron chi connectivity index (χ1n) is 6.06. The van der Waals surface area contributed by atoms with Crippen LogP contribution in [0.3, 0.4) is 0 Å². The van der Waals surface area contributed by atoms with Crippen molar-refractivity contribution in [2.24, 2.45) is 7.05 Å². The van der Waals surface area contributed by atoms with Crippen molar-refractivity contribution in [1.29, 1.82) is 0 Å². The second-order valence-electron chi connectivity index (χ2n) is 4.12. The SMILES string of the molecule is CCc1cc(OCCc2nccn2C)c(C(=O)O)s1. The molecule has 0 unspecified atom stereocenters. The number of aromatic nitrogens is 2. The minimum absolute atomic E-state index is 0.275. The maximum absolute atomic E-state index is 11.1. The molecule has 0 aliphatic carbocycles. The zero-order chi connectivity index (χ0) is 13.8. The van der Waals surface area contributed by atoms with E-state index in [0.717, 1.165) is 17.1 Å². The molecule has 1 N–H and O–H groups in total. The van der Waals surface area contributed by atoms with Crippen molar-refractivity contribution >= 4 is 17.3 Å². The third-order valence-corrected chi connectivity index (χ3v) is 4.04. The van der Waals surface area contributed by atoms with Gasteiger partial charge >= 0.3 is 5.97 Å². The lowest BCUT2D eigenvalue weighted by Crippen LogP contribution is -2.07. The van der Waals surface area contributed by atoms with Crippen LogP contribution in [0.2, 0.25) is 0 Å². The molecule has 5 nitrogen and oxygen atoms in total. The van der Waals surface area contributed by atoms with Crippen LogP contribution in [0.15, 0.2) is 18.5 Å². The fourth-order valence-electron chi connectivity index (χ4n) is 1.74. The molecule has 2 aromatic heterocycles. The Kier molecular flexibility index (Phi) is 4.21. The van der Waals surface area contributed by atoms with Crippen molar-refractivity contribution in [2.45, 2.75) is 19.8 Å². The Balaban J connectivity index is 2.01. The fraction of sp³-hybridized carbons (Fsp3) is 0.385. The summed E-state index contributed by atoms with van der Waals surface area (Å²) >= 11 is 1.27. The lowest BCUT2D eigenvalue weighted by molar-refractivity contribution is 0.0698. The second-order valence-corrected chi connectivity index (χ2v) is 5.25. The Morgan fingerprint density at radius 1 is 1.58 bits per heavy atom. The zero-order valence-corrected chi connectivity index (χ0v) is 11.7. The van der Waals surface area contributed by atoms with E-state index in [4.69, 9.17) is 9.84 Å². The third-order valence-electron chi connectivity index (χ3n) is 2.80. The van der Waals surface area contributed by atoms with Gasteiger partial charge in [0, 0.05) is 30.7 Å². The monoisotopic (exact) mass is 280 g/mol. The number of thiophene rings is 1. The molecule has 0 atom stereocenters. The minimum atomic E-state index is -0.934. The molecule has 2 aromatic rings. The summed E-state index contributed by atoms with van der Waals surface area (Å²) in [6.45, 7) is 2.42. The molecule has 102 valence electrons. The topological polar surface area (TPSA) is 64.4 Å². The van der Waals surface area contributed by atoms with Crippen molar-refractivity contribution in [3.05, 3.63) is 34.0 Å². The highest BCUT2D eigenvalue weighted by Gasteiger charge is 2.16. The number of carbonyl (C=O) groups is 1. The average Bonchev–Trinajstić information content (AvgIpc) is 2.96. The highest BCUT2D eigenvalue weighted by Crippen LogP contribution is 2.29. The van der Waals surface area contributed by atoms with E-state index in [-0.39, 0.29) is 4.88 Å². The van der Waals surface area contributed by atoms with Gasteiger partial charge in [-0.1, -0.05) is 6.92 Å². The molecule has 0 saturated carbocycles. The summed E-state index contributed by atoms with van der Waals surface area (Å²) in [7, 11) is 1.92. The number of carboxylic acids is 1. The first-order chi connectivity index (χ1) is 9.11. The molecule has 0 amide bonds. The van der Waals surface area contributed by atoms with Gasteiger partial charge in [0.25, 0.3) is 0 Å². The van der Waals surface area contributed by atoms with Crippen LogP contribution in [0.4, 0.5) is 0 Å². The van der Waals surface area contributed by atoms with Crippen LogP contribution in [-0.4, -0.2) is 27.2 Å². The van der Waals surface area contributed by atoms with Crippen molar-refractivity contribution < 1.29 is 14.6 Å². The molecule has 0 saturated heterocycles. The molecule has 0 aliphatic rings. The highest BCUT2D eigenvalue weighted by molar-refractivity contribution is 7.14. The van der Waals surface area contributed by atoms with Crippen molar-refractivity contribution in [3.63, 3.8) is 0 Å². The van der Waals surface area contributed by atoms with Crippen LogP contribution in [0.1, 0.15) is 27.3 Å². The van der Waals surface area contributed by atoms with E-state index in [9.17, 15) is 4.79 Å². The van der Waals surface area contributed by atoms with Gasteiger partial charge in [-0.15, -0.1) is 11.3 Å². The Bertz CT molecular complexity index is 574. The number of imidazole rings is 1. The Labute approximate surface area is 115 Å². The van der Waals surface area contributed by atoms with E-state index < -0.39 is 5.97 Å². The lowest BCUT2D eigenvalue weighted by atomic mass is 10.3. The Morgan fingerprint density at radius 2 is 2.37 bits per heavy atom. The number of ether oxygens (including phenoxy) is 1. The van der Waals surface area contributed by atoms with Gasteiger partial charge in [0.1, 0.15) is 11.6 Å². The molecule has 6 heteroatoms. The smallest absolute Gasteiger partial charge is 0.349 e. The number of carboxylic acid groups (broad SMARTS) is 1. The average molecular weight is 280 g/mol. The van der Waals surface area contributed by atoms with E-state index >= 15 is 0 Å². The number of hydrogen-bond acceptors (Lipinski definition) is 4. The summed E-state index contributed by atoms with van der Waals surface area (Å²) in [4.78, 5) is 16.6. The minimum Gasteiger partial charge on any atom is -0.491 e. The summed E-state index contributed by atoms with van der Waals surface area (Å²) in [5.41, 5.74) is 0. The van der Waals surface area contributed by atoms with Crippen LogP contribution in [0.5, 0.6) is 5.75 Å². The van der Waals surface area contributed by atoms with E-state index in [2.05, 4.69) is 4.98 Å². The second kappa shape index (κ2) is 5.88. The van der Waals surface area contributed by atoms with Crippen LogP contribution in [0.25, 0.3) is 0 Å². The Hall–Kier alpha value is -1.82. The molecule has 0 bridgehead atoms. The first kappa shape index (κ1) is 13.6. The van der Waals surface area contributed by atoms with E-state index in [1.54, 1.807) is 6.20 Å². The van der Waals surface area contributed by atoms with Gasteiger partial charge in [-0.2, -0.15) is 0 Å². The van der Waals surface area contributed by atoms with Crippen molar-refractivity contribution in [3.8, 4) is 5.75 Å². The number of aromatic carboxylic acids is 1. The number of hydrogen-bond donors (Lipinski definition) is 1. The molecule has 0 fully saturated rings. The van der Waals surface area contributed by atoms with E-state index in [1.165, 1.54) is 11.3 Å². The van der Waals surface area contributed by atoms with Gasteiger partial charge in [-0.05, 0) is 12.5 Å². The maximum atomic E-state index is 11.1. The third kappa shape index (κ3) is 3.14. The highest BCUT2D eigenvalue weighted by atomic mass is 32.1. The molecular weight excluding hydrogens is 264 g/mol. The first-order valence-corrected chi connectivity index (χ1v) is 6.88. The molecule has 0 spiro atoms. The number of aryl methyl sites for hydroxylation is 2. The molecule has 0 aromatic carbocycles. The van der Waals surface area contributed by atoms with Crippen LogP contribution >= 0.6 is 11.3 Å². The van der Waals surface area contributed by atoms with Crippen LogP contribution < -0.4 is 4.74 Å². The van der Waals surface area contributed by atoms with Crippen LogP contribution in [-0.2, 0) is 19.9 Å². The standard InChI is InChI=1S/C13H16N2O3S/c1-3-9-8-10(12(19-9)13(16)17)18-7-4-11-14-5-6-15(11)2/h5-6,8H,3-4,7H2,1-2H3,(H,16,17). The largest absolute Gasteiger partial charge is 0.491 e.